The second-order valence-corrected chi connectivity index (χ2v) is 10.4. The van der Waals surface area contributed by atoms with Gasteiger partial charge >= 0.3 is 23.9 Å². The van der Waals surface area contributed by atoms with Gasteiger partial charge in [0.05, 0.1) is 25.0 Å². The van der Waals surface area contributed by atoms with Gasteiger partial charge in [-0.2, -0.15) is 0 Å². The molecule has 0 rings (SSSR count). The minimum atomic E-state index is -0.985. The van der Waals surface area contributed by atoms with E-state index in [9.17, 15) is 19.2 Å². The number of carboxylic acids is 2. The largest absolute Gasteiger partial charge is 0.481 e. The van der Waals surface area contributed by atoms with Gasteiger partial charge in [-0.1, -0.05) is 38.9 Å². The molecule has 2 unspecified atom stereocenters. The van der Waals surface area contributed by atoms with Crippen LogP contribution in [0.15, 0.2) is 0 Å². The summed E-state index contributed by atoms with van der Waals surface area (Å²) in [5.74, 6) is -3.45. The molecule has 0 saturated carbocycles. The Labute approximate surface area is 203 Å². The fourth-order valence-electron chi connectivity index (χ4n) is 2.38. The van der Waals surface area contributed by atoms with Gasteiger partial charge in [0.2, 0.25) is 0 Å². The molecule has 0 saturated heterocycles. The maximum absolute atomic E-state index is 12.3. The number of thioether (sulfide) groups is 2. The van der Waals surface area contributed by atoms with Crippen LogP contribution in [0.5, 0.6) is 0 Å². The Kier molecular flexibility index (Phi) is 18.4. The number of thiocarbonyl (C=S) groups is 1. The van der Waals surface area contributed by atoms with Crippen molar-refractivity contribution in [2.75, 3.05) is 24.7 Å². The van der Waals surface area contributed by atoms with Crippen LogP contribution in [0.4, 0.5) is 0 Å². The Morgan fingerprint density at radius 1 is 0.781 bits per heavy atom. The maximum Gasteiger partial charge on any atom is 0.309 e. The van der Waals surface area contributed by atoms with Crippen molar-refractivity contribution in [1.29, 1.82) is 0 Å². The Balaban J connectivity index is 4.72. The molecule has 0 bridgehead atoms. The number of carbonyl (C=O) groups is 4. The van der Waals surface area contributed by atoms with Crippen molar-refractivity contribution in [3.05, 3.63) is 0 Å². The first-order valence-corrected chi connectivity index (χ1v) is 13.2. The van der Waals surface area contributed by atoms with Gasteiger partial charge in [0, 0.05) is 24.3 Å². The lowest BCUT2D eigenvalue weighted by atomic mass is 10.1. The van der Waals surface area contributed by atoms with Crippen LogP contribution in [0.25, 0.3) is 0 Å². The summed E-state index contributed by atoms with van der Waals surface area (Å²) in [5.41, 5.74) is 0. The van der Waals surface area contributed by atoms with Crippen LogP contribution in [-0.2, 0) is 28.7 Å². The monoisotopic (exact) mass is 510 g/mol. The Hall–Kier alpha value is -1.33. The van der Waals surface area contributed by atoms with Crippen LogP contribution in [0.1, 0.15) is 65.2 Å². The first kappa shape index (κ1) is 30.7. The zero-order valence-electron chi connectivity index (χ0n) is 18.7. The maximum atomic E-state index is 12.3. The first-order chi connectivity index (χ1) is 15.2. The number of hydrogen-bond acceptors (Lipinski definition) is 9. The van der Waals surface area contributed by atoms with E-state index in [1.807, 2.05) is 13.8 Å². The number of aliphatic carboxylic acids is 2. The lowest BCUT2D eigenvalue weighted by molar-refractivity contribution is -0.149. The minimum absolute atomic E-state index is 0.144. The molecule has 0 aliphatic carbocycles. The van der Waals surface area contributed by atoms with Crippen molar-refractivity contribution in [3.63, 3.8) is 0 Å². The zero-order valence-corrected chi connectivity index (χ0v) is 21.2. The molecular weight excluding hydrogens is 476 g/mol. The van der Waals surface area contributed by atoms with Crippen molar-refractivity contribution >= 4 is 63.1 Å². The molecular formula is C21H34O8S3. The van der Waals surface area contributed by atoms with Gasteiger partial charge in [-0.25, -0.2) is 0 Å². The van der Waals surface area contributed by atoms with Crippen molar-refractivity contribution < 1.29 is 38.9 Å². The third-order valence-electron chi connectivity index (χ3n) is 4.37. The third kappa shape index (κ3) is 16.3. The molecule has 32 heavy (non-hydrogen) atoms. The van der Waals surface area contributed by atoms with E-state index in [0.717, 1.165) is 25.7 Å². The molecule has 0 radical (unpaired) electrons. The van der Waals surface area contributed by atoms with Gasteiger partial charge in [-0.3, -0.25) is 19.2 Å². The molecule has 0 aromatic heterocycles. The molecule has 0 aromatic carbocycles. The van der Waals surface area contributed by atoms with Crippen LogP contribution in [0.2, 0.25) is 0 Å². The molecule has 0 aromatic rings. The summed E-state index contributed by atoms with van der Waals surface area (Å²) in [7, 11) is 0. The molecule has 0 aliphatic heterocycles. The van der Waals surface area contributed by atoms with Crippen molar-refractivity contribution in [2.24, 2.45) is 11.8 Å². The highest BCUT2D eigenvalue weighted by Crippen LogP contribution is 2.26. The standard InChI is InChI=1S/C21H34O8S3/c1-3-5-11-28-19(26)15(7-9-17(22)23)13-31-21(30)32-14-16(8-10-18(24)25)20(27)29-12-6-4-2/h15-16H,3-14H2,1-2H3,(H,22,23)(H,24,25). The molecule has 0 fully saturated rings. The second kappa shape index (κ2) is 19.2. The summed E-state index contributed by atoms with van der Waals surface area (Å²) >= 11 is 7.81. The normalized spacial score (nSPS) is 12.6. The van der Waals surface area contributed by atoms with Crippen molar-refractivity contribution in [2.45, 2.75) is 65.2 Å². The summed E-state index contributed by atoms with van der Waals surface area (Å²) in [6, 6.07) is 0. The van der Waals surface area contributed by atoms with Crippen LogP contribution in [0, 0.1) is 11.8 Å². The number of ether oxygens (including phenoxy) is 2. The predicted molar refractivity (Wildman–Crippen MR) is 130 cm³/mol. The summed E-state index contributed by atoms with van der Waals surface area (Å²) in [4.78, 5) is 46.3. The van der Waals surface area contributed by atoms with Crippen LogP contribution >= 0.6 is 35.7 Å². The van der Waals surface area contributed by atoms with E-state index >= 15 is 0 Å². The molecule has 0 heterocycles. The average Bonchev–Trinajstić information content (AvgIpc) is 2.73. The Bertz CT molecular complexity index is 562. The second-order valence-electron chi connectivity index (χ2n) is 7.17. The highest BCUT2D eigenvalue weighted by Gasteiger charge is 2.24. The van der Waals surface area contributed by atoms with Crippen molar-refractivity contribution in [3.8, 4) is 0 Å². The van der Waals surface area contributed by atoms with E-state index in [2.05, 4.69) is 0 Å². The average molecular weight is 511 g/mol. The van der Waals surface area contributed by atoms with Gasteiger partial charge in [0.1, 0.15) is 3.53 Å². The molecule has 0 amide bonds. The minimum Gasteiger partial charge on any atom is -0.481 e. The van der Waals surface area contributed by atoms with E-state index in [4.69, 9.17) is 31.9 Å². The predicted octanol–water partition coefficient (Wildman–Crippen LogP) is 4.39. The number of hydrogen-bond donors (Lipinski definition) is 2. The Morgan fingerprint density at radius 2 is 1.16 bits per heavy atom. The molecule has 2 N–H and O–H groups in total. The van der Waals surface area contributed by atoms with Crippen LogP contribution < -0.4 is 0 Å². The smallest absolute Gasteiger partial charge is 0.309 e. The molecule has 8 nitrogen and oxygen atoms in total. The molecule has 2 atom stereocenters. The summed E-state index contributed by atoms with van der Waals surface area (Å²) in [6.45, 7) is 4.55. The quantitative estimate of drug-likeness (QED) is 0.155. The van der Waals surface area contributed by atoms with Gasteiger partial charge in [0.25, 0.3) is 0 Å². The summed E-state index contributed by atoms with van der Waals surface area (Å²) in [5, 5.41) is 17.9. The highest BCUT2D eigenvalue weighted by atomic mass is 32.2. The lowest BCUT2D eigenvalue weighted by Gasteiger charge is -2.17. The molecule has 0 spiro atoms. The van der Waals surface area contributed by atoms with E-state index in [1.165, 1.54) is 23.5 Å². The molecule has 0 aliphatic rings. The summed E-state index contributed by atoms with van der Waals surface area (Å²) < 4.78 is 10.9. The number of carbonyl (C=O) groups excluding carboxylic acids is 2. The molecule has 11 heteroatoms. The van der Waals surface area contributed by atoms with Gasteiger partial charge in [-0.15, -0.1) is 23.5 Å². The zero-order chi connectivity index (χ0) is 24.4. The third-order valence-corrected chi connectivity index (χ3v) is 7.39. The van der Waals surface area contributed by atoms with E-state index in [1.54, 1.807) is 0 Å². The van der Waals surface area contributed by atoms with Gasteiger partial charge in [0.15, 0.2) is 0 Å². The number of esters is 2. The first-order valence-electron chi connectivity index (χ1n) is 10.8. The SMILES string of the molecule is CCCCOC(=O)C(CCC(=O)O)CSC(=S)SCC(CCC(=O)O)C(=O)OCCCC. The highest BCUT2D eigenvalue weighted by molar-refractivity contribution is 8.47. The van der Waals surface area contributed by atoms with Gasteiger partial charge in [-0.05, 0) is 25.7 Å². The topological polar surface area (TPSA) is 127 Å². The number of rotatable bonds is 18. The number of carboxylic acid groups (broad SMARTS) is 2. The molecule has 184 valence electrons. The fraction of sp³-hybridized carbons (Fsp3) is 0.762. The number of unbranched alkanes of at least 4 members (excludes halogenated alkanes) is 2. The van der Waals surface area contributed by atoms with E-state index in [0.29, 0.717) is 16.7 Å². The lowest BCUT2D eigenvalue weighted by Crippen LogP contribution is -2.23. The Morgan fingerprint density at radius 3 is 1.47 bits per heavy atom. The van der Waals surface area contributed by atoms with Crippen LogP contribution in [-0.4, -0.2) is 62.3 Å². The van der Waals surface area contributed by atoms with Gasteiger partial charge < -0.3 is 19.7 Å². The van der Waals surface area contributed by atoms with E-state index in [-0.39, 0.29) is 37.2 Å². The fourth-order valence-corrected chi connectivity index (χ4v) is 4.81. The van der Waals surface area contributed by atoms with Crippen molar-refractivity contribution in [1.82, 2.24) is 0 Å². The summed E-state index contributed by atoms with van der Waals surface area (Å²) in [6.07, 6.45) is 3.27. The van der Waals surface area contributed by atoms with Crippen LogP contribution in [0.3, 0.4) is 0 Å². The van der Waals surface area contributed by atoms with E-state index < -0.39 is 35.7 Å².